The second kappa shape index (κ2) is 9.34. The number of halogens is 1. The van der Waals surface area contributed by atoms with Crippen molar-refractivity contribution in [2.45, 2.75) is 6.92 Å². The Labute approximate surface area is 172 Å². The van der Waals surface area contributed by atoms with E-state index in [-0.39, 0.29) is 17.0 Å². The third-order valence-electron chi connectivity index (χ3n) is 4.08. The molecule has 1 aromatic heterocycles. The third kappa shape index (κ3) is 4.80. The maximum Gasteiger partial charge on any atom is 0.338 e. The summed E-state index contributed by atoms with van der Waals surface area (Å²) in [6.07, 6.45) is 1.27. The summed E-state index contributed by atoms with van der Waals surface area (Å²) >= 11 is 0. The minimum Gasteiger partial charge on any atom is -0.462 e. The lowest BCUT2D eigenvalue weighted by atomic mass is 10.1. The summed E-state index contributed by atoms with van der Waals surface area (Å²) < 4.78 is 24.3. The molecule has 0 spiro atoms. The minimum atomic E-state index is -0.751. The summed E-state index contributed by atoms with van der Waals surface area (Å²) in [5, 5.41) is 11.7. The Morgan fingerprint density at radius 2 is 1.87 bits per heavy atom. The zero-order valence-corrected chi connectivity index (χ0v) is 16.0. The van der Waals surface area contributed by atoms with Crippen LogP contribution in [0.5, 0.6) is 0 Å². The number of hydrogen-bond acceptors (Lipinski definition) is 5. The number of rotatable bonds is 6. The molecular weight excluding hydrogens is 387 g/mol. The predicted molar refractivity (Wildman–Crippen MR) is 109 cm³/mol. The first kappa shape index (κ1) is 20.6. The maximum absolute atomic E-state index is 13.7. The molecule has 0 aliphatic rings. The molecule has 0 atom stereocenters. The highest BCUT2D eigenvalue weighted by molar-refractivity contribution is 6.09. The monoisotopic (exact) mass is 404 g/mol. The van der Waals surface area contributed by atoms with Crippen LogP contribution < -0.4 is 5.32 Å². The molecule has 150 valence electrons. The number of nitriles is 1. The molecule has 0 saturated carbocycles. The number of esters is 1. The number of nitrogens with one attached hydrogen (secondary N) is 1. The Morgan fingerprint density at radius 3 is 2.53 bits per heavy atom. The van der Waals surface area contributed by atoms with Crippen LogP contribution >= 0.6 is 0 Å². The zero-order valence-electron chi connectivity index (χ0n) is 16.0. The van der Waals surface area contributed by atoms with E-state index in [1.807, 2.05) is 0 Å². The van der Waals surface area contributed by atoms with E-state index >= 15 is 0 Å². The van der Waals surface area contributed by atoms with Gasteiger partial charge in [-0.05, 0) is 43.3 Å². The molecule has 0 radical (unpaired) electrons. The van der Waals surface area contributed by atoms with Crippen LogP contribution in [0.15, 0.2) is 70.7 Å². The maximum atomic E-state index is 13.7. The van der Waals surface area contributed by atoms with Crippen molar-refractivity contribution in [3.05, 3.63) is 83.4 Å². The number of anilines is 1. The fraction of sp³-hybridized carbons (Fsp3) is 0.0870. The number of furan rings is 1. The SMILES string of the molecule is CCOC(=O)c1ccc(-c2ccc(/C=C(/C#N)C(=O)Nc3ccccc3F)o2)cc1. The van der Waals surface area contributed by atoms with Gasteiger partial charge in [0.2, 0.25) is 0 Å². The van der Waals surface area contributed by atoms with Crippen LogP contribution in [-0.2, 0) is 9.53 Å². The first-order valence-electron chi connectivity index (χ1n) is 9.07. The van der Waals surface area contributed by atoms with Gasteiger partial charge in [-0.1, -0.05) is 24.3 Å². The molecule has 30 heavy (non-hydrogen) atoms. The van der Waals surface area contributed by atoms with Gasteiger partial charge in [0.25, 0.3) is 5.91 Å². The van der Waals surface area contributed by atoms with E-state index in [0.717, 1.165) is 0 Å². The van der Waals surface area contributed by atoms with Crippen molar-refractivity contribution in [3.8, 4) is 17.4 Å². The largest absolute Gasteiger partial charge is 0.462 e. The Bertz CT molecular complexity index is 1140. The van der Waals surface area contributed by atoms with Gasteiger partial charge in [0.1, 0.15) is 29.0 Å². The van der Waals surface area contributed by atoms with Crippen LogP contribution in [0.25, 0.3) is 17.4 Å². The molecule has 1 heterocycles. The molecule has 0 bridgehead atoms. The average Bonchev–Trinajstić information content (AvgIpc) is 3.22. The van der Waals surface area contributed by atoms with Crippen molar-refractivity contribution in [1.29, 1.82) is 5.26 Å². The molecule has 0 unspecified atom stereocenters. The van der Waals surface area contributed by atoms with Crippen molar-refractivity contribution < 1.29 is 23.1 Å². The lowest BCUT2D eigenvalue weighted by Crippen LogP contribution is -2.14. The van der Waals surface area contributed by atoms with Crippen LogP contribution in [0.4, 0.5) is 10.1 Å². The molecule has 7 heteroatoms. The van der Waals surface area contributed by atoms with E-state index in [4.69, 9.17) is 9.15 Å². The average molecular weight is 404 g/mol. The Morgan fingerprint density at radius 1 is 1.13 bits per heavy atom. The summed E-state index contributed by atoms with van der Waals surface area (Å²) in [6.45, 7) is 2.02. The molecule has 3 aromatic rings. The molecule has 0 aliphatic carbocycles. The van der Waals surface area contributed by atoms with Crippen molar-refractivity contribution in [3.63, 3.8) is 0 Å². The van der Waals surface area contributed by atoms with Gasteiger partial charge in [0.15, 0.2) is 0 Å². The smallest absolute Gasteiger partial charge is 0.338 e. The van der Waals surface area contributed by atoms with Crippen LogP contribution in [-0.4, -0.2) is 18.5 Å². The van der Waals surface area contributed by atoms with Crippen molar-refractivity contribution >= 4 is 23.6 Å². The fourth-order valence-corrected chi connectivity index (χ4v) is 2.61. The highest BCUT2D eigenvalue weighted by Gasteiger charge is 2.13. The van der Waals surface area contributed by atoms with Gasteiger partial charge in [-0.2, -0.15) is 5.26 Å². The molecule has 0 aliphatic heterocycles. The Hall–Kier alpha value is -4.18. The molecule has 3 rings (SSSR count). The van der Waals surface area contributed by atoms with Gasteiger partial charge in [0, 0.05) is 11.6 Å². The molecule has 0 saturated heterocycles. The highest BCUT2D eigenvalue weighted by atomic mass is 19.1. The number of para-hydroxylation sites is 1. The van der Waals surface area contributed by atoms with E-state index in [9.17, 15) is 19.2 Å². The van der Waals surface area contributed by atoms with Crippen molar-refractivity contribution in [2.75, 3.05) is 11.9 Å². The molecule has 2 aromatic carbocycles. The number of carbonyl (C=O) groups is 2. The van der Waals surface area contributed by atoms with Crippen LogP contribution in [0.3, 0.4) is 0 Å². The fourth-order valence-electron chi connectivity index (χ4n) is 2.61. The van der Waals surface area contributed by atoms with E-state index in [0.29, 0.717) is 23.5 Å². The minimum absolute atomic E-state index is 0.0227. The van der Waals surface area contributed by atoms with Gasteiger partial charge in [-0.15, -0.1) is 0 Å². The number of ether oxygens (including phenoxy) is 1. The van der Waals surface area contributed by atoms with Crippen LogP contribution in [0, 0.1) is 17.1 Å². The van der Waals surface area contributed by atoms with E-state index in [1.165, 1.54) is 24.3 Å². The quantitative estimate of drug-likeness (QED) is 0.362. The molecule has 1 N–H and O–H groups in total. The lowest BCUT2D eigenvalue weighted by Gasteiger charge is -2.04. The number of amides is 1. The Kier molecular flexibility index (Phi) is 6.40. The highest BCUT2D eigenvalue weighted by Crippen LogP contribution is 2.24. The topological polar surface area (TPSA) is 92.3 Å². The second-order valence-electron chi connectivity index (χ2n) is 6.10. The summed E-state index contributed by atoms with van der Waals surface area (Å²) in [5.74, 6) is -0.996. The number of hydrogen-bond donors (Lipinski definition) is 1. The standard InChI is InChI=1S/C23H17FN2O4/c1-2-29-23(28)16-9-7-15(8-10-16)21-12-11-18(30-21)13-17(14-25)22(27)26-20-6-4-3-5-19(20)24/h3-13H,2H2,1H3,(H,26,27)/b17-13-. The van der Waals surface area contributed by atoms with Crippen molar-refractivity contribution in [2.24, 2.45) is 0 Å². The van der Waals surface area contributed by atoms with E-state index < -0.39 is 17.7 Å². The van der Waals surface area contributed by atoms with Gasteiger partial charge < -0.3 is 14.5 Å². The van der Waals surface area contributed by atoms with Gasteiger partial charge in [-0.3, -0.25) is 4.79 Å². The number of benzene rings is 2. The molecule has 0 fully saturated rings. The summed E-state index contributed by atoms with van der Waals surface area (Å²) in [6, 6.07) is 17.4. The van der Waals surface area contributed by atoms with Crippen LogP contribution in [0.1, 0.15) is 23.0 Å². The Balaban J connectivity index is 1.76. The molecular formula is C23H17FN2O4. The molecule has 1 amide bonds. The van der Waals surface area contributed by atoms with Gasteiger partial charge >= 0.3 is 5.97 Å². The van der Waals surface area contributed by atoms with Crippen molar-refractivity contribution in [1.82, 2.24) is 0 Å². The number of carbonyl (C=O) groups excluding carboxylic acids is 2. The number of nitrogens with zero attached hydrogens (tertiary/aromatic N) is 1. The summed E-state index contributed by atoms with van der Waals surface area (Å²) in [5.41, 5.74) is 0.864. The lowest BCUT2D eigenvalue weighted by molar-refractivity contribution is -0.112. The summed E-state index contributed by atoms with van der Waals surface area (Å²) in [7, 11) is 0. The van der Waals surface area contributed by atoms with E-state index in [2.05, 4.69) is 5.32 Å². The molecule has 6 nitrogen and oxygen atoms in total. The predicted octanol–water partition coefficient (Wildman–Crippen LogP) is 4.81. The first-order chi connectivity index (χ1) is 14.5. The van der Waals surface area contributed by atoms with Gasteiger partial charge in [-0.25, -0.2) is 9.18 Å². The van der Waals surface area contributed by atoms with Crippen LogP contribution in [0.2, 0.25) is 0 Å². The third-order valence-corrected chi connectivity index (χ3v) is 4.08. The van der Waals surface area contributed by atoms with Gasteiger partial charge in [0.05, 0.1) is 17.9 Å². The summed E-state index contributed by atoms with van der Waals surface area (Å²) in [4.78, 5) is 24.0. The second-order valence-corrected chi connectivity index (χ2v) is 6.10. The van der Waals surface area contributed by atoms with E-state index in [1.54, 1.807) is 55.5 Å². The normalized spacial score (nSPS) is 10.9. The first-order valence-corrected chi connectivity index (χ1v) is 9.07. The zero-order chi connectivity index (χ0) is 21.5.